The molecule has 3 rings (SSSR count). The van der Waals surface area contributed by atoms with Crippen LogP contribution in [0.3, 0.4) is 0 Å². The molecule has 176 valence electrons. The molecule has 2 aromatic rings. The number of carbonyl (C=O) groups is 3. The molecule has 1 aliphatic rings. The molecule has 0 aromatic heterocycles. The quantitative estimate of drug-likeness (QED) is 0.312. The summed E-state index contributed by atoms with van der Waals surface area (Å²) >= 11 is 0. The van der Waals surface area contributed by atoms with Crippen molar-refractivity contribution in [2.75, 3.05) is 19.7 Å². The number of ether oxygens (including phenoxy) is 1. The number of carbonyl (C=O) groups excluding carboxylic acids is 3. The Kier molecular flexibility index (Phi) is 8.10. The lowest BCUT2D eigenvalue weighted by Crippen LogP contribution is -2.40. The second-order valence-electron chi connectivity index (χ2n) is 7.96. The zero-order valence-electron chi connectivity index (χ0n) is 18.3. The van der Waals surface area contributed by atoms with Crippen LogP contribution in [-0.4, -0.2) is 50.0 Å². The zero-order chi connectivity index (χ0) is 24.0. The van der Waals surface area contributed by atoms with E-state index in [1.807, 2.05) is 0 Å². The molecule has 1 fully saturated rings. The first-order chi connectivity index (χ1) is 15.7. The third kappa shape index (κ3) is 6.33. The molecule has 1 saturated heterocycles. The second kappa shape index (κ2) is 10.8. The number of nitrogens with zero attached hydrogens (tertiary/aromatic N) is 1. The summed E-state index contributed by atoms with van der Waals surface area (Å²) in [5.74, 6) is -1.59. The molecule has 0 amide bonds. The summed E-state index contributed by atoms with van der Waals surface area (Å²) in [5, 5.41) is 0. The topological polar surface area (TPSA) is 97.8 Å². The average molecular weight is 476 g/mol. The maximum atomic E-state index is 12.9. The van der Waals surface area contributed by atoms with Crippen LogP contribution in [0, 0.1) is 11.7 Å². The van der Waals surface area contributed by atoms with Crippen molar-refractivity contribution in [2.45, 2.75) is 37.5 Å². The van der Waals surface area contributed by atoms with Gasteiger partial charge in [-0.15, -0.1) is 0 Å². The van der Waals surface area contributed by atoms with Gasteiger partial charge in [-0.05, 0) is 62.6 Å². The number of halogens is 1. The van der Waals surface area contributed by atoms with Gasteiger partial charge in [0.05, 0.1) is 17.4 Å². The van der Waals surface area contributed by atoms with Gasteiger partial charge in [0.2, 0.25) is 10.0 Å². The van der Waals surface area contributed by atoms with Crippen LogP contribution in [0.15, 0.2) is 53.4 Å². The first-order valence-electron chi connectivity index (χ1n) is 10.7. The SMILES string of the molecule is CC(=O)c1cccc(S(=O)(=O)N2CCC(C(=O)OCCCC(=O)c3ccc(F)cc3)CC2)c1. The summed E-state index contributed by atoms with van der Waals surface area (Å²) in [4.78, 5) is 36.0. The Bertz CT molecular complexity index is 1120. The van der Waals surface area contributed by atoms with Crippen molar-refractivity contribution in [3.8, 4) is 0 Å². The number of hydrogen-bond donors (Lipinski definition) is 0. The van der Waals surface area contributed by atoms with Crippen molar-refractivity contribution in [1.82, 2.24) is 4.31 Å². The van der Waals surface area contributed by atoms with Gasteiger partial charge in [0.1, 0.15) is 5.82 Å². The van der Waals surface area contributed by atoms with Crippen molar-refractivity contribution in [2.24, 2.45) is 5.92 Å². The Morgan fingerprint density at radius 1 is 1.03 bits per heavy atom. The molecule has 1 heterocycles. The number of benzene rings is 2. The fourth-order valence-corrected chi connectivity index (χ4v) is 5.18. The summed E-state index contributed by atoms with van der Waals surface area (Å²) in [5.41, 5.74) is 0.734. The lowest BCUT2D eigenvalue weighted by Gasteiger charge is -2.30. The number of rotatable bonds is 9. The van der Waals surface area contributed by atoms with E-state index in [1.54, 1.807) is 6.07 Å². The lowest BCUT2D eigenvalue weighted by atomic mass is 9.98. The van der Waals surface area contributed by atoms with E-state index < -0.39 is 27.7 Å². The average Bonchev–Trinajstić information content (AvgIpc) is 2.82. The van der Waals surface area contributed by atoms with E-state index in [2.05, 4.69) is 0 Å². The van der Waals surface area contributed by atoms with Gasteiger partial charge >= 0.3 is 5.97 Å². The van der Waals surface area contributed by atoms with Crippen LogP contribution < -0.4 is 0 Å². The maximum absolute atomic E-state index is 12.9. The van der Waals surface area contributed by atoms with Gasteiger partial charge in [-0.3, -0.25) is 14.4 Å². The van der Waals surface area contributed by atoms with Crippen molar-refractivity contribution in [3.63, 3.8) is 0 Å². The molecule has 0 N–H and O–H groups in total. The number of sulfonamides is 1. The molecule has 0 atom stereocenters. The molecular formula is C24H26FNO6S. The largest absolute Gasteiger partial charge is 0.465 e. The Hall–Kier alpha value is -2.91. The highest BCUT2D eigenvalue weighted by molar-refractivity contribution is 7.89. The summed E-state index contributed by atoms with van der Waals surface area (Å²) in [7, 11) is -3.76. The summed E-state index contributed by atoms with van der Waals surface area (Å²) < 4.78 is 45.3. The van der Waals surface area contributed by atoms with Crippen molar-refractivity contribution in [3.05, 3.63) is 65.5 Å². The molecule has 0 unspecified atom stereocenters. The predicted octanol–water partition coefficient (Wildman–Crippen LogP) is 3.64. The van der Waals surface area contributed by atoms with Gasteiger partial charge in [0.15, 0.2) is 11.6 Å². The molecule has 0 saturated carbocycles. The Labute approximate surface area is 192 Å². The Morgan fingerprint density at radius 2 is 1.70 bits per heavy atom. The first-order valence-corrected chi connectivity index (χ1v) is 12.2. The minimum atomic E-state index is -3.76. The lowest BCUT2D eigenvalue weighted by molar-refractivity contribution is -0.149. The van der Waals surface area contributed by atoms with Gasteiger partial charge in [-0.25, -0.2) is 12.8 Å². The number of hydrogen-bond acceptors (Lipinski definition) is 6. The van der Waals surface area contributed by atoms with E-state index in [9.17, 15) is 27.2 Å². The number of ketones is 2. The highest BCUT2D eigenvalue weighted by Gasteiger charge is 2.33. The van der Waals surface area contributed by atoms with E-state index in [1.165, 1.54) is 53.7 Å². The fourth-order valence-electron chi connectivity index (χ4n) is 3.66. The van der Waals surface area contributed by atoms with Crippen LogP contribution in [0.4, 0.5) is 4.39 Å². The molecule has 0 bridgehead atoms. The van der Waals surface area contributed by atoms with E-state index >= 15 is 0 Å². The molecular weight excluding hydrogens is 449 g/mol. The van der Waals surface area contributed by atoms with Gasteiger partial charge in [-0.2, -0.15) is 4.31 Å². The van der Waals surface area contributed by atoms with Crippen LogP contribution in [0.1, 0.15) is 53.3 Å². The smallest absolute Gasteiger partial charge is 0.309 e. The molecule has 2 aromatic carbocycles. The van der Waals surface area contributed by atoms with Crippen LogP contribution >= 0.6 is 0 Å². The van der Waals surface area contributed by atoms with Crippen LogP contribution in [0.25, 0.3) is 0 Å². The van der Waals surface area contributed by atoms with Gasteiger partial charge in [0.25, 0.3) is 0 Å². The minimum absolute atomic E-state index is 0.0575. The zero-order valence-corrected chi connectivity index (χ0v) is 19.1. The van der Waals surface area contributed by atoms with Crippen LogP contribution in [0.2, 0.25) is 0 Å². The van der Waals surface area contributed by atoms with E-state index in [0.717, 1.165) is 0 Å². The molecule has 0 spiro atoms. The molecule has 7 nitrogen and oxygen atoms in total. The second-order valence-corrected chi connectivity index (χ2v) is 9.90. The number of Topliss-reactive ketones (excluding diaryl/α,β-unsaturated/α-hetero) is 2. The normalized spacial score (nSPS) is 15.2. The van der Waals surface area contributed by atoms with Gasteiger partial charge in [-0.1, -0.05) is 12.1 Å². The van der Waals surface area contributed by atoms with Gasteiger partial charge < -0.3 is 4.74 Å². The molecule has 9 heteroatoms. The van der Waals surface area contributed by atoms with Crippen molar-refractivity contribution >= 4 is 27.6 Å². The standard InChI is InChI=1S/C24H26FNO6S/c1-17(27)20-4-2-5-22(16-20)33(30,31)26-13-11-19(12-14-26)24(29)32-15-3-6-23(28)18-7-9-21(25)10-8-18/h2,4-5,7-10,16,19H,3,6,11-15H2,1H3. The van der Waals surface area contributed by atoms with Crippen molar-refractivity contribution < 1.29 is 31.9 Å². The molecule has 33 heavy (non-hydrogen) atoms. The van der Waals surface area contributed by atoms with E-state index in [0.29, 0.717) is 30.4 Å². The summed E-state index contributed by atoms with van der Waals surface area (Å²) in [6, 6.07) is 11.2. The first kappa shape index (κ1) is 24.7. The predicted molar refractivity (Wildman–Crippen MR) is 119 cm³/mol. The van der Waals surface area contributed by atoms with Crippen LogP contribution in [-0.2, 0) is 19.6 Å². The van der Waals surface area contributed by atoms with Gasteiger partial charge in [0, 0.05) is 30.6 Å². The van der Waals surface area contributed by atoms with Crippen LogP contribution in [0.5, 0.6) is 0 Å². The molecule has 1 aliphatic heterocycles. The molecule has 0 aliphatic carbocycles. The maximum Gasteiger partial charge on any atom is 0.309 e. The highest BCUT2D eigenvalue weighted by Crippen LogP contribution is 2.25. The van der Waals surface area contributed by atoms with Crippen molar-refractivity contribution in [1.29, 1.82) is 0 Å². The highest BCUT2D eigenvalue weighted by atomic mass is 32.2. The number of piperidine rings is 1. The minimum Gasteiger partial charge on any atom is -0.465 e. The summed E-state index contributed by atoms with van der Waals surface area (Å²) in [6.45, 7) is 1.81. The van der Waals surface area contributed by atoms with E-state index in [4.69, 9.17) is 4.74 Å². The summed E-state index contributed by atoms with van der Waals surface area (Å²) in [6.07, 6.45) is 1.19. The third-order valence-electron chi connectivity index (χ3n) is 5.62. The number of esters is 1. The monoisotopic (exact) mass is 475 g/mol. The Balaban J connectivity index is 1.45. The fraction of sp³-hybridized carbons (Fsp3) is 0.375. The Morgan fingerprint density at radius 3 is 2.33 bits per heavy atom. The third-order valence-corrected chi connectivity index (χ3v) is 7.52. The van der Waals surface area contributed by atoms with E-state index in [-0.39, 0.29) is 42.6 Å². The molecule has 0 radical (unpaired) electrons.